The van der Waals surface area contributed by atoms with E-state index in [1.165, 1.54) is 31.2 Å². The molecule has 0 aliphatic carbocycles. The Morgan fingerprint density at radius 1 is 1.16 bits per heavy atom. The second kappa shape index (κ2) is 13.1. The molecule has 0 aromatic heterocycles. The number of rotatable bonds is 10. The average Bonchev–Trinajstić information content (AvgIpc) is 2.80. The summed E-state index contributed by atoms with van der Waals surface area (Å²) in [5.41, 5.74) is 6.06. The van der Waals surface area contributed by atoms with Crippen LogP contribution in [-0.4, -0.2) is 70.1 Å². The van der Waals surface area contributed by atoms with Crippen molar-refractivity contribution in [3.05, 3.63) is 41.5 Å². The Balaban J connectivity index is 2.42. The van der Waals surface area contributed by atoms with Crippen molar-refractivity contribution in [1.82, 2.24) is 0 Å². The Morgan fingerprint density at radius 2 is 1.81 bits per heavy atom. The fourth-order valence-electron chi connectivity index (χ4n) is 3.30. The number of anilines is 1. The molecule has 1 aliphatic heterocycles. The third kappa shape index (κ3) is 8.92. The molecule has 0 bridgehead atoms. The number of phosphoric ester groups is 1. The Kier molecular flexibility index (Phi) is 10.8. The lowest BCUT2D eigenvalue weighted by molar-refractivity contribution is -0.287. The third-order valence-corrected chi connectivity index (χ3v) is 5.78. The van der Waals surface area contributed by atoms with Crippen LogP contribution in [0.15, 0.2) is 35.9 Å². The highest BCUT2D eigenvalue weighted by atomic mass is 31.2. The molecule has 0 spiro atoms. The summed E-state index contributed by atoms with van der Waals surface area (Å²) in [6.07, 6.45) is -7.54. The average molecular weight is 545 g/mol. The zero-order valence-corrected chi connectivity index (χ0v) is 21.7. The van der Waals surface area contributed by atoms with Gasteiger partial charge in [0.15, 0.2) is 6.10 Å². The van der Waals surface area contributed by atoms with Gasteiger partial charge in [-0.25, -0.2) is 14.2 Å². The lowest BCUT2D eigenvalue weighted by Gasteiger charge is -2.42. The molecule has 1 aromatic rings. The highest BCUT2D eigenvalue weighted by Crippen LogP contribution is 2.42. The van der Waals surface area contributed by atoms with E-state index in [4.69, 9.17) is 29.2 Å². The van der Waals surface area contributed by atoms with Crippen molar-refractivity contribution in [3.63, 3.8) is 0 Å². The predicted molar refractivity (Wildman–Crippen MR) is 128 cm³/mol. The fraction of sp³-hybridized carbons (Fsp3) is 0.522. The molecule has 1 aliphatic rings. The van der Waals surface area contributed by atoms with Gasteiger partial charge >= 0.3 is 25.7 Å². The van der Waals surface area contributed by atoms with Crippen molar-refractivity contribution in [2.24, 2.45) is 5.92 Å². The number of hydrogen-bond donors (Lipinski definition) is 4. The summed E-state index contributed by atoms with van der Waals surface area (Å²) in [5, 5.41) is 10.8. The highest BCUT2D eigenvalue weighted by Gasteiger charge is 2.52. The number of carbonyl (C=O) groups excluding carboxylic acids is 3. The van der Waals surface area contributed by atoms with Gasteiger partial charge in [-0.1, -0.05) is 32.1 Å². The number of esters is 3. The number of hydrogen-bond acceptors (Lipinski definition) is 11. The van der Waals surface area contributed by atoms with Gasteiger partial charge in [0.2, 0.25) is 6.29 Å². The van der Waals surface area contributed by atoms with E-state index in [0.717, 1.165) is 0 Å². The molecule has 1 aromatic carbocycles. The second-order valence-corrected chi connectivity index (χ2v) is 9.90. The first-order valence-corrected chi connectivity index (χ1v) is 12.9. The number of ether oxygens (including phenoxy) is 4. The molecule has 1 fully saturated rings. The predicted octanol–water partition coefficient (Wildman–Crippen LogP) is 1.46. The van der Waals surface area contributed by atoms with Crippen LogP contribution in [0.25, 0.3) is 0 Å². The van der Waals surface area contributed by atoms with E-state index in [9.17, 15) is 33.8 Å². The lowest BCUT2D eigenvalue weighted by Crippen LogP contribution is -2.61. The van der Waals surface area contributed by atoms with Crippen LogP contribution in [0.3, 0.4) is 0 Å². The quantitative estimate of drug-likeness (QED) is 0.108. The van der Waals surface area contributed by atoms with Gasteiger partial charge in [-0.3, -0.25) is 9.32 Å². The first-order valence-electron chi connectivity index (χ1n) is 11.4. The van der Waals surface area contributed by atoms with Gasteiger partial charge in [0.05, 0.1) is 5.56 Å². The SMILES string of the molecule is C/C=C(\C)C(=O)OCC1OC(OC(=O)c2ccccc2N)C(OC(=O)CC(C)C)C(OP(=O)(O)O)C1O. The summed E-state index contributed by atoms with van der Waals surface area (Å²) in [6.45, 7) is 5.93. The first-order chi connectivity index (χ1) is 17.2. The van der Waals surface area contributed by atoms with Crippen molar-refractivity contribution in [3.8, 4) is 0 Å². The first kappa shape index (κ1) is 30.4. The summed E-state index contributed by atoms with van der Waals surface area (Å²) < 4.78 is 37.9. The summed E-state index contributed by atoms with van der Waals surface area (Å²) in [6, 6.07) is 5.90. The van der Waals surface area contributed by atoms with Gasteiger partial charge < -0.3 is 39.6 Å². The number of carbonyl (C=O) groups is 3. The van der Waals surface area contributed by atoms with Crippen molar-refractivity contribution in [2.45, 2.75) is 64.8 Å². The lowest BCUT2D eigenvalue weighted by atomic mass is 9.98. The number of aliphatic hydroxyl groups is 1. The van der Waals surface area contributed by atoms with E-state index >= 15 is 0 Å². The maximum Gasteiger partial charge on any atom is 0.470 e. The third-order valence-electron chi connectivity index (χ3n) is 5.26. The summed E-state index contributed by atoms with van der Waals surface area (Å²) in [4.78, 5) is 56.3. The summed E-state index contributed by atoms with van der Waals surface area (Å²) in [7, 11) is -5.28. The minimum absolute atomic E-state index is 0.0621. The van der Waals surface area contributed by atoms with Crippen LogP contribution in [0.1, 0.15) is 44.5 Å². The maximum absolute atomic E-state index is 12.8. The zero-order chi connectivity index (χ0) is 27.9. The highest BCUT2D eigenvalue weighted by molar-refractivity contribution is 7.46. The molecular weight excluding hydrogens is 513 g/mol. The molecule has 0 saturated carbocycles. The van der Waals surface area contributed by atoms with E-state index < -0.39 is 63.0 Å². The molecule has 0 amide bonds. The number of benzene rings is 1. The molecule has 5 atom stereocenters. The molecule has 0 radical (unpaired) electrons. The second-order valence-electron chi connectivity index (χ2n) is 8.71. The van der Waals surface area contributed by atoms with Crippen LogP contribution in [0.2, 0.25) is 0 Å². The van der Waals surface area contributed by atoms with Gasteiger partial charge in [-0.2, -0.15) is 0 Å². The Bertz CT molecular complexity index is 1050. The molecule has 5 N–H and O–H groups in total. The smallest absolute Gasteiger partial charge is 0.459 e. The zero-order valence-electron chi connectivity index (χ0n) is 20.8. The van der Waals surface area contributed by atoms with E-state index in [1.807, 2.05) is 0 Å². The topological polar surface area (TPSA) is 201 Å². The molecule has 1 saturated heterocycles. The molecule has 37 heavy (non-hydrogen) atoms. The Labute approximate surface area is 213 Å². The van der Waals surface area contributed by atoms with E-state index in [-0.39, 0.29) is 29.2 Å². The van der Waals surface area contributed by atoms with Crippen molar-refractivity contribution >= 4 is 31.4 Å². The van der Waals surface area contributed by atoms with Crippen molar-refractivity contribution in [1.29, 1.82) is 0 Å². The normalized spacial score (nSPS) is 24.4. The number of nitrogens with two attached hydrogens (primary N) is 1. The minimum atomic E-state index is -5.28. The van der Waals surface area contributed by atoms with E-state index in [0.29, 0.717) is 0 Å². The van der Waals surface area contributed by atoms with E-state index in [2.05, 4.69) is 0 Å². The Morgan fingerprint density at radius 3 is 2.38 bits per heavy atom. The van der Waals surface area contributed by atoms with Crippen LogP contribution in [0, 0.1) is 5.92 Å². The van der Waals surface area contributed by atoms with Crippen LogP contribution in [0.5, 0.6) is 0 Å². The number of nitrogen functional groups attached to an aromatic ring is 1. The molecule has 5 unspecified atom stereocenters. The van der Waals surface area contributed by atoms with Gasteiger partial charge in [-0.05, 0) is 31.9 Å². The number of aliphatic hydroxyl groups excluding tert-OH is 1. The van der Waals surface area contributed by atoms with E-state index in [1.54, 1.807) is 26.8 Å². The number of phosphoric acid groups is 1. The number of allylic oxidation sites excluding steroid dienone is 1. The van der Waals surface area contributed by atoms with Crippen LogP contribution < -0.4 is 5.73 Å². The molecule has 13 nitrogen and oxygen atoms in total. The number of para-hydroxylation sites is 1. The van der Waals surface area contributed by atoms with Gasteiger partial charge in [0.25, 0.3) is 0 Å². The molecular formula is C23H32NO12P. The largest absolute Gasteiger partial charge is 0.470 e. The molecule has 1 heterocycles. The van der Waals surface area contributed by atoms with Gasteiger partial charge in [-0.15, -0.1) is 0 Å². The van der Waals surface area contributed by atoms with Crippen LogP contribution in [-0.2, 0) is 37.6 Å². The molecule has 14 heteroatoms. The molecule has 2 rings (SSSR count). The maximum atomic E-state index is 12.8. The van der Waals surface area contributed by atoms with Gasteiger partial charge in [0, 0.05) is 17.7 Å². The molecule has 206 valence electrons. The fourth-order valence-corrected chi connectivity index (χ4v) is 3.86. The van der Waals surface area contributed by atoms with Gasteiger partial charge in [0.1, 0.15) is 24.9 Å². The summed E-state index contributed by atoms with van der Waals surface area (Å²) >= 11 is 0. The van der Waals surface area contributed by atoms with Crippen molar-refractivity contribution < 1.29 is 57.3 Å². The monoisotopic (exact) mass is 545 g/mol. The van der Waals surface area contributed by atoms with Crippen molar-refractivity contribution in [2.75, 3.05) is 12.3 Å². The van der Waals surface area contributed by atoms with Crippen LogP contribution >= 0.6 is 7.82 Å². The van der Waals surface area contributed by atoms with Crippen LogP contribution in [0.4, 0.5) is 5.69 Å². The standard InChI is InChI=1S/C23H32NO12P/c1-5-13(4)21(27)32-11-16-18(26)19(36-37(29,30)31)20(34-17(25)10-12(2)3)23(33-16)35-22(28)14-8-6-7-9-15(14)24/h5-9,12,16,18-20,23,26H,10-11,24H2,1-4H3,(H2,29,30,31)/b13-5+. The summed E-state index contributed by atoms with van der Waals surface area (Å²) in [5.74, 6) is -2.75. The Hall–Kier alpha value is -2.80. The minimum Gasteiger partial charge on any atom is -0.459 e.